The number of phenols is 1. The highest BCUT2D eigenvalue weighted by Crippen LogP contribution is 2.09. The fraction of sp³-hybridized carbons (Fsp3) is 0.125. The molecule has 0 aliphatic carbocycles. The van der Waals surface area contributed by atoms with Crippen LogP contribution in [0.3, 0.4) is 0 Å². The normalized spacial score (nSPS) is 9.30. The first kappa shape index (κ1) is 15.6. The predicted octanol–water partition coefficient (Wildman–Crippen LogP) is 2.46. The van der Waals surface area contributed by atoms with Crippen molar-refractivity contribution < 1.29 is 19.8 Å². The molecule has 0 unspecified atom stereocenters. The summed E-state index contributed by atoms with van der Waals surface area (Å²) in [6.45, 7) is 1.07. The van der Waals surface area contributed by atoms with Gasteiger partial charge in [-0.25, -0.2) is 0 Å². The third-order valence-corrected chi connectivity index (χ3v) is 2.51. The smallest absolute Gasteiger partial charge is 0.188 e. The van der Waals surface area contributed by atoms with Gasteiger partial charge in [-0.05, 0) is 31.2 Å². The number of aliphatic hydroxyl groups is 1. The zero-order valence-corrected chi connectivity index (χ0v) is 11.1. The van der Waals surface area contributed by atoms with E-state index in [-0.39, 0.29) is 17.3 Å². The van der Waals surface area contributed by atoms with Crippen LogP contribution in [0.2, 0.25) is 0 Å². The van der Waals surface area contributed by atoms with Gasteiger partial charge in [0.15, 0.2) is 11.6 Å². The first-order valence-electron chi connectivity index (χ1n) is 6.03. The molecule has 0 aromatic heterocycles. The Bertz CT molecular complexity index is 559. The van der Waals surface area contributed by atoms with Crippen LogP contribution in [0.4, 0.5) is 0 Å². The van der Waals surface area contributed by atoms with E-state index in [0.717, 1.165) is 5.56 Å². The lowest BCUT2D eigenvalue weighted by Crippen LogP contribution is -2.03. The van der Waals surface area contributed by atoms with E-state index >= 15 is 0 Å². The van der Waals surface area contributed by atoms with Crippen LogP contribution in [0, 0.1) is 0 Å². The second-order valence-corrected chi connectivity index (χ2v) is 4.05. The summed E-state index contributed by atoms with van der Waals surface area (Å²) in [7, 11) is 0. The topological polar surface area (TPSA) is 74.6 Å². The van der Waals surface area contributed by atoms with E-state index in [0.29, 0.717) is 5.56 Å². The van der Waals surface area contributed by atoms with Gasteiger partial charge in [0.2, 0.25) is 0 Å². The number of carbonyl (C=O) groups excluding carboxylic acids is 2. The minimum Gasteiger partial charge on any atom is -0.508 e. The van der Waals surface area contributed by atoms with Crippen molar-refractivity contribution in [3.63, 3.8) is 0 Å². The summed E-state index contributed by atoms with van der Waals surface area (Å²) in [5.41, 5.74) is 1.18. The van der Waals surface area contributed by atoms with E-state index in [1.54, 1.807) is 6.92 Å². The summed E-state index contributed by atoms with van der Waals surface area (Å²) in [5.74, 6) is -0.111. The van der Waals surface area contributed by atoms with Crippen LogP contribution in [0.1, 0.15) is 27.6 Å². The molecule has 4 nitrogen and oxygen atoms in total. The average molecular weight is 272 g/mol. The zero-order chi connectivity index (χ0) is 15.0. The number of hydrogen-bond acceptors (Lipinski definition) is 4. The minimum atomic E-state index is -0.495. The summed E-state index contributed by atoms with van der Waals surface area (Å²) in [6, 6.07) is 15.0. The summed E-state index contributed by atoms with van der Waals surface area (Å²) in [6.07, 6.45) is 0. The van der Waals surface area contributed by atoms with E-state index in [1.807, 2.05) is 30.3 Å². The van der Waals surface area contributed by atoms with E-state index < -0.39 is 6.61 Å². The summed E-state index contributed by atoms with van der Waals surface area (Å²) in [5, 5.41) is 17.3. The lowest BCUT2D eigenvalue weighted by molar-refractivity contribution is 0.0903. The molecule has 0 aliphatic rings. The molecule has 0 atom stereocenters. The first-order valence-corrected chi connectivity index (χ1v) is 6.03. The van der Waals surface area contributed by atoms with Gasteiger partial charge in [-0.15, -0.1) is 0 Å². The Labute approximate surface area is 117 Å². The molecule has 2 aromatic rings. The monoisotopic (exact) mass is 272 g/mol. The second-order valence-electron chi connectivity index (χ2n) is 4.05. The molecule has 0 saturated carbocycles. The van der Waals surface area contributed by atoms with Gasteiger partial charge in [0.25, 0.3) is 0 Å². The van der Waals surface area contributed by atoms with Gasteiger partial charge in [-0.3, -0.25) is 9.59 Å². The molecular weight excluding hydrogens is 256 g/mol. The molecule has 20 heavy (non-hydrogen) atoms. The molecule has 0 amide bonds. The lowest BCUT2D eigenvalue weighted by atomic mass is 10.1. The number of aliphatic hydroxyl groups excluding tert-OH is 1. The number of benzene rings is 2. The number of rotatable bonds is 3. The van der Waals surface area contributed by atoms with Crippen molar-refractivity contribution >= 4 is 11.6 Å². The minimum absolute atomic E-state index is 0.111. The average Bonchev–Trinajstić information content (AvgIpc) is 2.49. The highest BCUT2D eigenvalue weighted by atomic mass is 16.3. The van der Waals surface area contributed by atoms with Crippen LogP contribution >= 0.6 is 0 Å². The molecule has 2 N–H and O–H groups in total. The standard InChI is InChI=1S/C8H8O3.C8H8O/c9-5-8(11)6-1-3-7(10)4-2-6;1-7(9)8-5-3-2-4-6-8/h1-4,9-10H,5H2;2-6H,1H3. The third kappa shape index (κ3) is 5.04. The van der Waals surface area contributed by atoms with Crippen LogP contribution in [0.5, 0.6) is 5.75 Å². The molecule has 0 saturated heterocycles. The Balaban J connectivity index is 0.000000204. The maximum atomic E-state index is 10.8. The van der Waals surface area contributed by atoms with Gasteiger partial charge >= 0.3 is 0 Å². The van der Waals surface area contributed by atoms with Gasteiger partial charge in [0, 0.05) is 11.1 Å². The van der Waals surface area contributed by atoms with Crippen molar-refractivity contribution in [3.05, 3.63) is 65.7 Å². The molecule has 0 heterocycles. The molecule has 0 radical (unpaired) electrons. The molecule has 0 fully saturated rings. The zero-order valence-electron chi connectivity index (χ0n) is 11.1. The van der Waals surface area contributed by atoms with Crippen molar-refractivity contribution in [1.82, 2.24) is 0 Å². The first-order chi connectivity index (χ1) is 9.54. The molecule has 104 valence electrons. The van der Waals surface area contributed by atoms with Gasteiger partial charge in [0.1, 0.15) is 12.4 Å². The van der Waals surface area contributed by atoms with Crippen molar-refractivity contribution in [2.75, 3.05) is 6.61 Å². The number of hydrogen-bond donors (Lipinski definition) is 2. The van der Waals surface area contributed by atoms with E-state index in [9.17, 15) is 9.59 Å². The highest BCUT2D eigenvalue weighted by Gasteiger charge is 2.01. The van der Waals surface area contributed by atoms with E-state index in [2.05, 4.69) is 0 Å². The molecular formula is C16H16O4. The lowest BCUT2D eigenvalue weighted by Gasteiger charge is -1.95. The molecule has 0 aliphatic heterocycles. The SMILES string of the molecule is CC(=O)c1ccccc1.O=C(CO)c1ccc(O)cc1. The van der Waals surface area contributed by atoms with Gasteiger partial charge in [-0.2, -0.15) is 0 Å². The number of Topliss-reactive ketones (excluding diaryl/α,β-unsaturated/α-hetero) is 2. The van der Waals surface area contributed by atoms with Gasteiger partial charge < -0.3 is 10.2 Å². The fourth-order valence-corrected chi connectivity index (χ4v) is 1.41. The fourth-order valence-electron chi connectivity index (χ4n) is 1.41. The quantitative estimate of drug-likeness (QED) is 0.842. The number of phenolic OH excluding ortho intramolecular Hbond substituents is 1. The number of ketones is 2. The van der Waals surface area contributed by atoms with Crippen LogP contribution in [0.15, 0.2) is 54.6 Å². The maximum Gasteiger partial charge on any atom is 0.188 e. The van der Waals surface area contributed by atoms with Crippen molar-refractivity contribution in [2.45, 2.75) is 6.92 Å². The van der Waals surface area contributed by atoms with Crippen molar-refractivity contribution in [1.29, 1.82) is 0 Å². The van der Waals surface area contributed by atoms with E-state index in [1.165, 1.54) is 24.3 Å². The Morgan fingerprint density at radius 3 is 1.85 bits per heavy atom. The Kier molecular flexibility index (Phi) is 6.13. The van der Waals surface area contributed by atoms with Crippen molar-refractivity contribution in [3.8, 4) is 5.75 Å². The van der Waals surface area contributed by atoms with Crippen LogP contribution < -0.4 is 0 Å². The van der Waals surface area contributed by atoms with Crippen LogP contribution in [-0.2, 0) is 0 Å². The van der Waals surface area contributed by atoms with Gasteiger partial charge in [0.05, 0.1) is 0 Å². The number of carbonyl (C=O) groups is 2. The third-order valence-electron chi connectivity index (χ3n) is 2.51. The second kappa shape index (κ2) is 7.86. The molecule has 0 bridgehead atoms. The van der Waals surface area contributed by atoms with Crippen LogP contribution in [-0.4, -0.2) is 28.4 Å². The maximum absolute atomic E-state index is 10.8. The van der Waals surface area contributed by atoms with E-state index in [4.69, 9.17) is 10.2 Å². The summed E-state index contributed by atoms with van der Waals surface area (Å²) < 4.78 is 0. The largest absolute Gasteiger partial charge is 0.508 e. The molecule has 2 aromatic carbocycles. The molecule has 0 spiro atoms. The van der Waals surface area contributed by atoms with Crippen molar-refractivity contribution in [2.24, 2.45) is 0 Å². The Morgan fingerprint density at radius 2 is 1.45 bits per heavy atom. The summed E-state index contributed by atoms with van der Waals surface area (Å²) in [4.78, 5) is 21.4. The molecule has 4 heteroatoms. The Morgan fingerprint density at radius 1 is 0.900 bits per heavy atom. The summed E-state index contributed by atoms with van der Waals surface area (Å²) >= 11 is 0. The molecule has 2 rings (SSSR count). The number of aromatic hydroxyl groups is 1. The van der Waals surface area contributed by atoms with Crippen LogP contribution in [0.25, 0.3) is 0 Å². The Hall–Kier alpha value is -2.46. The highest BCUT2D eigenvalue weighted by molar-refractivity contribution is 5.97. The predicted molar refractivity (Wildman–Crippen MR) is 76.0 cm³/mol. The van der Waals surface area contributed by atoms with Gasteiger partial charge in [-0.1, -0.05) is 30.3 Å².